The highest BCUT2D eigenvalue weighted by Gasteiger charge is 2.25. The third-order valence-electron chi connectivity index (χ3n) is 9.08. The molecule has 9 heteroatoms. The number of piperazine rings is 1. The quantitative estimate of drug-likeness (QED) is 0.331. The molecule has 1 aliphatic carbocycles. The molecule has 2 saturated heterocycles. The molecule has 2 fully saturated rings. The summed E-state index contributed by atoms with van der Waals surface area (Å²) in [5.41, 5.74) is 7.74. The third-order valence-corrected chi connectivity index (χ3v) is 9.08. The van der Waals surface area contributed by atoms with Gasteiger partial charge in [0.25, 0.3) is 11.8 Å². The number of fused-ring (bicyclic) bond motifs is 1. The minimum absolute atomic E-state index is 0.126. The summed E-state index contributed by atoms with van der Waals surface area (Å²) >= 11 is 0. The molecule has 0 spiro atoms. The number of allylic oxidation sites excluding steroid dienone is 3. The van der Waals surface area contributed by atoms with Crippen molar-refractivity contribution < 1.29 is 14.8 Å². The molecular weight excluding hydrogens is 528 g/mol. The summed E-state index contributed by atoms with van der Waals surface area (Å²) in [5, 5.41) is 9.96. The number of benzene rings is 1. The van der Waals surface area contributed by atoms with E-state index in [1.165, 1.54) is 16.7 Å². The lowest BCUT2D eigenvalue weighted by atomic mass is 9.90. The lowest BCUT2D eigenvalue weighted by molar-refractivity contribution is -0.125. The fourth-order valence-corrected chi connectivity index (χ4v) is 6.35. The van der Waals surface area contributed by atoms with Crippen molar-refractivity contribution in [1.82, 2.24) is 29.7 Å². The van der Waals surface area contributed by atoms with E-state index < -0.39 is 5.91 Å². The van der Waals surface area contributed by atoms with Crippen molar-refractivity contribution in [2.45, 2.75) is 44.7 Å². The van der Waals surface area contributed by atoms with Crippen molar-refractivity contribution in [1.29, 1.82) is 0 Å². The molecule has 6 rings (SSSR count). The van der Waals surface area contributed by atoms with Crippen LogP contribution in [0.25, 0.3) is 11.0 Å². The van der Waals surface area contributed by atoms with Gasteiger partial charge in [0.05, 0.1) is 0 Å². The van der Waals surface area contributed by atoms with Crippen LogP contribution in [-0.2, 0) is 17.9 Å². The van der Waals surface area contributed by atoms with E-state index in [2.05, 4.69) is 51.9 Å². The maximum atomic E-state index is 13.2. The van der Waals surface area contributed by atoms with Crippen molar-refractivity contribution in [2.24, 2.45) is 0 Å². The van der Waals surface area contributed by atoms with Gasteiger partial charge in [-0.2, -0.15) is 0 Å². The molecule has 1 aromatic carbocycles. The number of hydrogen-bond acceptors (Lipinski definition) is 6. The number of likely N-dealkylation sites (tertiary alicyclic amines) is 1. The first-order chi connectivity index (χ1) is 20.5. The van der Waals surface area contributed by atoms with Gasteiger partial charge in [-0.05, 0) is 74.0 Å². The molecule has 4 heterocycles. The van der Waals surface area contributed by atoms with E-state index >= 15 is 0 Å². The van der Waals surface area contributed by atoms with Crippen molar-refractivity contribution in [3.05, 3.63) is 88.8 Å². The van der Waals surface area contributed by atoms with Crippen molar-refractivity contribution in [2.75, 3.05) is 46.3 Å². The van der Waals surface area contributed by atoms with E-state index in [4.69, 9.17) is 10.2 Å². The van der Waals surface area contributed by atoms with Gasteiger partial charge in [0.1, 0.15) is 5.65 Å². The van der Waals surface area contributed by atoms with Gasteiger partial charge in [-0.1, -0.05) is 29.9 Å². The van der Waals surface area contributed by atoms with Gasteiger partial charge in [-0.15, -0.1) is 0 Å². The molecule has 2 aliphatic heterocycles. The summed E-state index contributed by atoms with van der Waals surface area (Å²) in [6.45, 7) is 7.56. The molecule has 0 saturated carbocycles. The van der Waals surface area contributed by atoms with Crippen LogP contribution >= 0.6 is 0 Å². The monoisotopic (exact) mass is 568 g/mol. The molecule has 0 atom stereocenters. The summed E-state index contributed by atoms with van der Waals surface area (Å²) in [7, 11) is 2.17. The van der Waals surface area contributed by atoms with E-state index in [1.54, 1.807) is 11.6 Å². The first-order valence-corrected chi connectivity index (χ1v) is 15.0. The second-order valence-electron chi connectivity index (χ2n) is 11.9. The molecule has 42 heavy (non-hydrogen) atoms. The maximum absolute atomic E-state index is 13.2. The van der Waals surface area contributed by atoms with Crippen LogP contribution in [0.4, 0.5) is 0 Å². The van der Waals surface area contributed by atoms with Gasteiger partial charge in [0.15, 0.2) is 0 Å². The van der Waals surface area contributed by atoms with E-state index in [1.807, 2.05) is 29.3 Å². The predicted octanol–water partition coefficient (Wildman–Crippen LogP) is 3.96. The lowest BCUT2D eigenvalue weighted by Gasteiger charge is -2.33. The van der Waals surface area contributed by atoms with Crippen LogP contribution in [0.2, 0.25) is 0 Å². The number of nitrogens with one attached hydrogen (secondary N) is 1. The molecular formula is C33H40N6O3. The highest BCUT2D eigenvalue weighted by Crippen LogP contribution is 2.31. The predicted molar refractivity (Wildman–Crippen MR) is 162 cm³/mol. The minimum atomic E-state index is -0.438. The molecule has 3 aromatic rings. The summed E-state index contributed by atoms with van der Waals surface area (Å²) in [6.07, 6.45) is 11.1. The molecule has 2 amide bonds. The summed E-state index contributed by atoms with van der Waals surface area (Å²) in [4.78, 5) is 36.5. The molecule has 2 N–H and O–H groups in total. The molecule has 0 radical (unpaired) electrons. The van der Waals surface area contributed by atoms with Gasteiger partial charge in [-0.25, -0.2) is 10.5 Å². The number of hydroxylamine groups is 1. The number of aromatic nitrogens is 2. The van der Waals surface area contributed by atoms with Crippen LogP contribution in [0.5, 0.6) is 0 Å². The van der Waals surface area contributed by atoms with Crippen LogP contribution in [-0.4, -0.2) is 87.6 Å². The Labute approximate surface area is 247 Å². The van der Waals surface area contributed by atoms with Crippen LogP contribution in [0.15, 0.2) is 72.1 Å². The minimum Gasteiger partial charge on any atom is -0.339 e. The number of pyridine rings is 1. The number of carbonyl (C=O) groups excluding carboxylic acids is 2. The van der Waals surface area contributed by atoms with E-state index in [0.717, 1.165) is 88.2 Å². The van der Waals surface area contributed by atoms with Gasteiger partial charge in [0.2, 0.25) is 0 Å². The Balaban J connectivity index is 1.03. The second-order valence-corrected chi connectivity index (χ2v) is 11.9. The van der Waals surface area contributed by atoms with Crippen LogP contribution in [0.3, 0.4) is 0 Å². The lowest BCUT2D eigenvalue weighted by Crippen LogP contribution is -2.43. The number of rotatable bonds is 7. The summed E-state index contributed by atoms with van der Waals surface area (Å²) in [5.74, 6) is 0.0794. The topological polar surface area (TPSA) is 93.9 Å². The van der Waals surface area contributed by atoms with Gasteiger partial charge in [0, 0.05) is 81.3 Å². The van der Waals surface area contributed by atoms with Crippen LogP contribution < -0.4 is 5.48 Å². The maximum Gasteiger partial charge on any atom is 0.270 e. The zero-order valence-electron chi connectivity index (χ0n) is 24.3. The average Bonchev–Trinajstić information content (AvgIpc) is 3.44. The number of hydrogen-bond donors (Lipinski definition) is 2. The Kier molecular flexibility index (Phi) is 8.51. The van der Waals surface area contributed by atoms with Crippen LogP contribution in [0, 0.1) is 0 Å². The highest BCUT2D eigenvalue weighted by atomic mass is 16.5. The highest BCUT2D eigenvalue weighted by molar-refractivity contribution is 5.94. The average molecular weight is 569 g/mol. The molecule has 0 unspecified atom stereocenters. The Morgan fingerprint density at radius 1 is 0.952 bits per heavy atom. The largest absolute Gasteiger partial charge is 0.339 e. The van der Waals surface area contributed by atoms with Crippen molar-refractivity contribution in [3.63, 3.8) is 0 Å². The van der Waals surface area contributed by atoms with E-state index in [-0.39, 0.29) is 5.91 Å². The Bertz CT molecular complexity index is 1490. The number of likely N-dealkylation sites (N-methyl/N-ethyl adjacent to an activating group) is 1. The van der Waals surface area contributed by atoms with Gasteiger partial charge in [-0.3, -0.25) is 19.7 Å². The summed E-state index contributed by atoms with van der Waals surface area (Å²) in [6, 6.07) is 12.6. The fourth-order valence-electron chi connectivity index (χ4n) is 6.35. The normalized spacial score (nSPS) is 19.0. The zero-order valence-corrected chi connectivity index (χ0v) is 24.3. The third kappa shape index (κ3) is 6.33. The van der Waals surface area contributed by atoms with Gasteiger partial charge < -0.3 is 14.4 Å². The zero-order chi connectivity index (χ0) is 29.1. The second kappa shape index (κ2) is 12.6. The summed E-state index contributed by atoms with van der Waals surface area (Å²) < 4.78 is 2.15. The first-order valence-electron chi connectivity index (χ1n) is 15.0. The Morgan fingerprint density at radius 2 is 1.71 bits per heavy atom. The molecule has 9 nitrogen and oxygen atoms in total. The van der Waals surface area contributed by atoms with E-state index in [9.17, 15) is 9.59 Å². The Hall–Kier alpha value is -3.79. The van der Waals surface area contributed by atoms with Crippen molar-refractivity contribution in [3.8, 4) is 0 Å². The van der Waals surface area contributed by atoms with Gasteiger partial charge >= 0.3 is 0 Å². The Morgan fingerprint density at radius 3 is 2.40 bits per heavy atom. The molecule has 2 aromatic heterocycles. The first kappa shape index (κ1) is 28.3. The SMILES string of the molecule is CN1CCN(Cc2ccc(C(=O)N3CCC(c4cnc5c(ccn5CC5=CC=C(C(=O)NO)CC5)c4)CC3)cc2)CC1. The number of amides is 2. The standard InChI is InChI=1S/C33H40N6O3/c1-36-16-18-37(19-17-36)22-24-4-8-28(9-5-24)33(41)38-13-10-26(11-14-38)30-20-29-12-15-39(31(29)34-21-30)23-25-2-6-27(7-3-25)32(40)35-42/h2,4-6,8-9,12,15,20-21,26,42H,3,7,10-11,13-14,16-19,22-23H2,1H3,(H,35,40). The molecule has 220 valence electrons. The fraction of sp³-hybridized carbons (Fsp3) is 0.424. The number of carbonyl (C=O) groups is 2. The van der Waals surface area contributed by atoms with Crippen LogP contribution in [0.1, 0.15) is 53.1 Å². The molecule has 0 bridgehead atoms. The number of nitrogens with zero attached hydrogens (tertiary/aromatic N) is 5. The number of piperidine rings is 1. The van der Waals surface area contributed by atoms with Crippen molar-refractivity contribution >= 4 is 22.8 Å². The smallest absolute Gasteiger partial charge is 0.270 e. The molecule has 3 aliphatic rings. The van der Waals surface area contributed by atoms with E-state index in [0.29, 0.717) is 17.9 Å².